The van der Waals surface area contributed by atoms with E-state index >= 15 is 0 Å². The normalized spacial score (nSPS) is 31.2. The highest BCUT2D eigenvalue weighted by Gasteiger charge is 2.44. The summed E-state index contributed by atoms with van der Waals surface area (Å²) in [6, 6.07) is 0. The molecule has 0 spiro atoms. The third-order valence-corrected chi connectivity index (χ3v) is 4.45. The Bertz CT molecular complexity index is 536. The summed E-state index contributed by atoms with van der Waals surface area (Å²) in [5, 5.41) is 74.9. The second-order valence-corrected chi connectivity index (χ2v) is 6.78. The number of aliphatic hydroxyl groups excluding tert-OH is 7. The van der Waals surface area contributed by atoms with Crippen molar-refractivity contribution in [1.82, 2.24) is 5.32 Å². The Morgan fingerprint density at radius 1 is 1.10 bits per heavy atom. The zero-order valence-corrected chi connectivity index (χ0v) is 16.8. The average Bonchev–Trinajstić information content (AvgIpc) is 2.73. The topological polar surface area (TPSA) is 211 Å². The molecule has 0 bridgehead atoms. The van der Waals surface area contributed by atoms with Crippen molar-refractivity contribution >= 4 is 12.1 Å². The summed E-state index contributed by atoms with van der Waals surface area (Å²) in [5.74, 6) is -0.438. The smallest absolute Gasteiger partial charge is 0.260 e. The van der Waals surface area contributed by atoms with Gasteiger partial charge in [-0.15, -0.1) is 0 Å². The standard InChI is InChI=1S/C17H32N2O11/c1-3-10-14(25)15(26)16(27)17(30-10)28-6-9(21)13(24)12(23)8(20)5-19-29-7-11(22)18-4-2/h5,8-10,12-17,20-21,23-27H,3-4,6-7H2,1-2H3,(H,18,22)/b19-5+/t8?,9?,10?,12-,13+,14+,15+,16?,17-/m0/s1. The zero-order valence-electron chi connectivity index (χ0n) is 16.8. The van der Waals surface area contributed by atoms with E-state index in [0.29, 0.717) is 13.0 Å². The highest BCUT2D eigenvalue weighted by Crippen LogP contribution is 2.24. The molecule has 0 aromatic heterocycles. The van der Waals surface area contributed by atoms with E-state index in [4.69, 9.17) is 9.47 Å². The Hall–Kier alpha value is -1.42. The lowest BCUT2D eigenvalue weighted by molar-refractivity contribution is -0.302. The van der Waals surface area contributed by atoms with Gasteiger partial charge in [0.25, 0.3) is 5.91 Å². The maximum absolute atomic E-state index is 11.2. The van der Waals surface area contributed by atoms with Gasteiger partial charge in [-0.25, -0.2) is 0 Å². The van der Waals surface area contributed by atoms with E-state index in [1.54, 1.807) is 13.8 Å². The molecule has 1 aliphatic heterocycles. The Labute approximate surface area is 173 Å². The van der Waals surface area contributed by atoms with E-state index in [-0.39, 0.29) is 0 Å². The van der Waals surface area contributed by atoms with Crippen molar-refractivity contribution in [1.29, 1.82) is 0 Å². The largest absolute Gasteiger partial charge is 0.388 e. The van der Waals surface area contributed by atoms with Gasteiger partial charge < -0.3 is 55.4 Å². The van der Waals surface area contributed by atoms with Gasteiger partial charge in [0, 0.05) is 6.54 Å². The predicted molar refractivity (Wildman–Crippen MR) is 100 cm³/mol. The fourth-order valence-corrected chi connectivity index (χ4v) is 2.65. The second kappa shape index (κ2) is 13.1. The van der Waals surface area contributed by atoms with Crippen LogP contribution in [0.1, 0.15) is 20.3 Å². The van der Waals surface area contributed by atoms with Gasteiger partial charge in [0.05, 0.1) is 18.9 Å². The molecular formula is C17H32N2O11. The van der Waals surface area contributed by atoms with Gasteiger partial charge in [-0.2, -0.15) is 0 Å². The third kappa shape index (κ3) is 7.68. The van der Waals surface area contributed by atoms with Gasteiger partial charge >= 0.3 is 0 Å². The van der Waals surface area contributed by atoms with Crippen LogP contribution in [0.4, 0.5) is 0 Å². The van der Waals surface area contributed by atoms with Crippen LogP contribution in [0.2, 0.25) is 0 Å². The SMILES string of the molecule is CCNC(=O)CO/N=C/C(O)[C@H](O)[C@H](O)C(O)CO[C@H]1OC(CC)[C@@H](O)[C@@H](O)C1O. The highest BCUT2D eigenvalue weighted by atomic mass is 16.7. The molecule has 1 fully saturated rings. The van der Waals surface area contributed by atoms with Crippen molar-refractivity contribution in [2.24, 2.45) is 5.16 Å². The molecular weight excluding hydrogens is 408 g/mol. The molecule has 8 N–H and O–H groups in total. The number of hydrogen-bond acceptors (Lipinski definition) is 12. The van der Waals surface area contributed by atoms with E-state index in [2.05, 4.69) is 15.3 Å². The van der Waals surface area contributed by atoms with Crippen molar-refractivity contribution in [3.05, 3.63) is 0 Å². The number of nitrogens with one attached hydrogen (secondary N) is 1. The van der Waals surface area contributed by atoms with Crippen LogP contribution in [0, 0.1) is 0 Å². The van der Waals surface area contributed by atoms with Crippen molar-refractivity contribution in [2.45, 2.75) is 75.4 Å². The van der Waals surface area contributed by atoms with Gasteiger partial charge in [0.1, 0.15) is 42.7 Å². The number of likely N-dealkylation sites (N-methyl/N-ethyl adjacent to an activating group) is 1. The molecule has 176 valence electrons. The molecule has 13 nitrogen and oxygen atoms in total. The van der Waals surface area contributed by atoms with E-state index in [9.17, 15) is 40.5 Å². The minimum Gasteiger partial charge on any atom is -0.388 e. The Balaban J connectivity index is 2.48. The summed E-state index contributed by atoms with van der Waals surface area (Å²) in [7, 11) is 0. The van der Waals surface area contributed by atoms with Crippen molar-refractivity contribution < 1.29 is 54.9 Å². The lowest BCUT2D eigenvalue weighted by Crippen LogP contribution is -2.58. The van der Waals surface area contributed by atoms with Crippen LogP contribution in [0.5, 0.6) is 0 Å². The molecule has 9 atom stereocenters. The molecule has 0 aromatic carbocycles. The molecule has 1 heterocycles. The van der Waals surface area contributed by atoms with Crippen LogP contribution in [0.25, 0.3) is 0 Å². The van der Waals surface area contributed by atoms with Gasteiger partial charge in [-0.05, 0) is 13.3 Å². The van der Waals surface area contributed by atoms with Gasteiger partial charge in [-0.1, -0.05) is 12.1 Å². The number of hydrogen-bond donors (Lipinski definition) is 8. The summed E-state index contributed by atoms with van der Waals surface area (Å²) in [5.41, 5.74) is 0. The minimum absolute atomic E-state index is 0.322. The number of oxime groups is 1. The quantitative estimate of drug-likeness (QED) is 0.108. The minimum atomic E-state index is -1.88. The molecule has 1 saturated heterocycles. The molecule has 30 heavy (non-hydrogen) atoms. The molecule has 1 rings (SSSR count). The Morgan fingerprint density at radius 2 is 1.77 bits per heavy atom. The number of amides is 1. The van der Waals surface area contributed by atoms with Crippen LogP contribution in [-0.2, 0) is 19.1 Å². The van der Waals surface area contributed by atoms with Crippen molar-refractivity contribution in [3.63, 3.8) is 0 Å². The fourth-order valence-electron chi connectivity index (χ4n) is 2.65. The maximum atomic E-state index is 11.2. The lowest BCUT2D eigenvalue weighted by atomic mass is 9.97. The number of rotatable bonds is 12. The zero-order chi connectivity index (χ0) is 22.8. The van der Waals surface area contributed by atoms with Crippen LogP contribution in [-0.4, -0.2) is 123 Å². The molecule has 0 radical (unpaired) electrons. The molecule has 1 aliphatic rings. The number of nitrogens with zero attached hydrogens (tertiary/aromatic N) is 1. The number of carbonyl (C=O) groups is 1. The second-order valence-electron chi connectivity index (χ2n) is 6.78. The maximum Gasteiger partial charge on any atom is 0.260 e. The monoisotopic (exact) mass is 440 g/mol. The Morgan fingerprint density at radius 3 is 2.37 bits per heavy atom. The number of carbonyl (C=O) groups excluding carboxylic acids is 1. The first-order valence-electron chi connectivity index (χ1n) is 9.59. The van der Waals surface area contributed by atoms with Gasteiger partial charge in [-0.3, -0.25) is 4.79 Å². The Kier molecular flexibility index (Phi) is 11.6. The van der Waals surface area contributed by atoms with Gasteiger partial charge in [0.15, 0.2) is 12.9 Å². The summed E-state index contributed by atoms with van der Waals surface area (Å²) >= 11 is 0. The first-order chi connectivity index (χ1) is 14.1. The highest BCUT2D eigenvalue weighted by molar-refractivity contribution is 5.77. The van der Waals surface area contributed by atoms with Crippen LogP contribution in [0.3, 0.4) is 0 Å². The molecule has 0 saturated carbocycles. The number of aliphatic hydroxyl groups is 7. The van der Waals surface area contributed by atoms with E-state index in [1.165, 1.54) is 0 Å². The molecule has 4 unspecified atom stereocenters. The first kappa shape index (κ1) is 26.6. The summed E-state index contributed by atoms with van der Waals surface area (Å²) in [6.07, 6.45) is -12.8. The molecule has 1 amide bonds. The lowest BCUT2D eigenvalue weighted by Gasteiger charge is -2.40. The predicted octanol–water partition coefficient (Wildman–Crippen LogP) is -4.20. The molecule has 0 aromatic rings. The summed E-state index contributed by atoms with van der Waals surface area (Å²) in [6.45, 7) is 2.77. The van der Waals surface area contributed by atoms with Crippen molar-refractivity contribution in [3.8, 4) is 0 Å². The van der Waals surface area contributed by atoms with E-state index in [1.807, 2.05) is 0 Å². The van der Waals surface area contributed by atoms with Crippen molar-refractivity contribution in [2.75, 3.05) is 19.8 Å². The summed E-state index contributed by atoms with van der Waals surface area (Å²) < 4.78 is 10.5. The fraction of sp³-hybridized carbons (Fsp3) is 0.882. The molecule has 13 heteroatoms. The summed E-state index contributed by atoms with van der Waals surface area (Å²) in [4.78, 5) is 15.8. The third-order valence-electron chi connectivity index (χ3n) is 4.45. The number of ether oxygens (including phenoxy) is 2. The average molecular weight is 440 g/mol. The molecule has 0 aliphatic carbocycles. The first-order valence-corrected chi connectivity index (χ1v) is 9.59. The van der Waals surface area contributed by atoms with E-state index in [0.717, 1.165) is 6.21 Å². The van der Waals surface area contributed by atoms with Gasteiger partial charge in [0.2, 0.25) is 0 Å². The van der Waals surface area contributed by atoms with Crippen LogP contribution < -0.4 is 5.32 Å². The van der Waals surface area contributed by atoms with Crippen LogP contribution >= 0.6 is 0 Å². The van der Waals surface area contributed by atoms with Crippen LogP contribution in [0.15, 0.2) is 5.16 Å². The van der Waals surface area contributed by atoms with E-state index < -0.39 is 74.2 Å².